The molecule has 32 heavy (non-hydrogen) atoms. The monoisotopic (exact) mass is 440 g/mol. The molecule has 164 valence electrons. The van der Waals surface area contributed by atoms with Gasteiger partial charge in [-0.05, 0) is 49.2 Å². The van der Waals surface area contributed by atoms with Gasteiger partial charge < -0.3 is 9.88 Å². The van der Waals surface area contributed by atoms with Gasteiger partial charge in [-0.15, -0.1) is 0 Å². The summed E-state index contributed by atoms with van der Waals surface area (Å²) in [4.78, 5) is 28.9. The highest BCUT2D eigenvalue weighted by Gasteiger charge is 2.33. The highest BCUT2D eigenvalue weighted by molar-refractivity contribution is 5.95. The van der Waals surface area contributed by atoms with Crippen molar-refractivity contribution in [1.29, 1.82) is 5.26 Å². The molecule has 0 saturated heterocycles. The topological polar surface area (TPSA) is 87.8 Å². The van der Waals surface area contributed by atoms with Gasteiger partial charge in [-0.2, -0.15) is 18.4 Å². The molecule has 9 heteroatoms. The second kappa shape index (κ2) is 8.67. The molecule has 0 aliphatic carbocycles. The van der Waals surface area contributed by atoms with Crippen LogP contribution in [0.4, 0.5) is 13.2 Å². The van der Waals surface area contributed by atoms with Crippen LogP contribution in [0.2, 0.25) is 0 Å². The number of amides is 1. The molecule has 0 radical (unpaired) electrons. The number of pyridine rings is 2. The average Bonchev–Trinajstić information content (AvgIpc) is 2.78. The molecule has 1 amide bonds. The molecule has 1 aromatic carbocycles. The number of halogens is 3. The molecule has 1 atom stereocenters. The van der Waals surface area contributed by atoms with Crippen LogP contribution in [0.25, 0.3) is 11.1 Å². The maximum atomic E-state index is 13.2. The number of nitrogens with one attached hydrogen (secondary N) is 1. The van der Waals surface area contributed by atoms with Gasteiger partial charge in [0.05, 0.1) is 17.7 Å². The Hall–Kier alpha value is -3.93. The summed E-state index contributed by atoms with van der Waals surface area (Å²) >= 11 is 0. The van der Waals surface area contributed by atoms with Gasteiger partial charge in [0.1, 0.15) is 11.3 Å². The fraction of sp³-hybridized carbons (Fsp3) is 0.217. The lowest BCUT2D eigenvalue weighted by molar-refractivity contribution is -0.141. The third-order valence-electron chi connectivity index (χ3n) is 5.24. The Kier molecular flexibility index (Phi) is 6.16. The molecule has 0 saturated carbocycles. The fourth-order valence-corrected chi connectivity index (χ4v) is 3.50. The summed E-state index contributed by atoms with van der Waals surface area (Å²) in [6.07, 6.45) is -2.30. The smallest absolute Gasteiger partial charge is 0.355 e. The summed E-state index contributed by atoms with van der Waals surface area (Å²) < 4.78 is 41.3. The van der Waals surface area contributed by atoms with E-state index in [9.17, 15) is 22.8 Å². The van der Waals surface area contributed by atoms with Gasteiger partial charge in [0.25, 0.3) is 5.91 Å². The van der Waals surface area contributed by atoms with E-state index in [1.54, 1.807) is 35.8 Å². The minimum atomic E-state index is -4.68. The molecular formula is C23H19F3N4O2. The zero-order valence-electron chi connectivity index (χ0n) is 17.5. The number of carbonyl (C=O) groups is 1. The number of hydrogen-bond acceptors (Lipinski definition) is 4. The molecule has 6 nitrogen and oxygen atoms in total. The van der Waals surface area contributed by atoms with Crippen molar-refractivity contribution in [2.75, 3.05) is 7.05 Å². The van der Waals surface area contributed by atoms with Gasteiger partial charge in [0, 0.05) is 30.7 Å². The van der Waals surface area contributed by atoms with Gasteiger partial charge >= 0.3 is 6.18 Å². The highest BCUT2D eigenvalue weighted by atomic mass is 19.4. The van der Waals surface area contributed by atoms with Gasteiger partial charge in [0.2, 0.25) is 5.43 Å². The minimum absolute atomic E-state index is 0.0144. The Morgan fingerprint density at radius 2 is 1.88 bits per heavy atom. The molecule has 1 unspecified atom stereocenters. The summed E-state index contributed by atoms with van der Waals surface area (Å²) in [6, 6.07) is 10.5. The quantitative estimate of drug-likeness (QED) is 0.662. The van der Waals surface area contributed by atoms with Crippen molar-refractivity contribution in [1.82, 2.24) is 14.9 Å². The third kappa shape index (κ3) is 4.25. The lowest BCUT2D eigenvalue weighted by Gasteiger charge is -2.23. The van der Waals surface area contributed by atoms with E-state index in [4.69, 9.17) is 5.26 Å². The molecule has 0 spiro atoms. The second-order valence-corrected chi connectivity index (χ2v) is 7.16. The van der Waals surface area contributed by atoms with Gasteiger partial charge in [0.15, 0.2) is 0 Å². The van der Waals surface area contributed by atoms with Crippen LogP contribution >= 0.6 is 0 Å². The maximum absolute atomic E-state index is 13.2. The zero-order chi connectivity index (χ0) is 23.6. The van der Waals surface area contributed by atoms with E-state index in [-0.39, 0.29) is 22.7 Å². The molecular weight excluding hydrogens is 421 g/mol. The van der Waals surface area contributed by atoms with Crippen LogP contribution in [0.5, 0.6) is 0 Å². The molecule has 0 aliphatic heterocycles. The number of nitriles is 1. The molecule has 3 rings (SSSR count). The zero-order valence-corrected chi connectivity index (χ0v) is 17.5. The van der Waals surface area contributed by atoms with Crippen molar-refractivity contribution in [3.05, 3.63) is 87.1 Å². The van der Waals surface area contributed by atoms with E-state index in [0.29, 0.717) is 11.3 Å². The van der Waals surface area contributed by atoms with Crippen LogP contribution in [0.15, 0.2) is 53.6 Å². The molecule has 2 heterocycles. The normalized spacial score (nSPS) is 12.2. The van der Waals surface area contributed by atoms with Crippen LogP contribution in [-0.4, -0.2) is 22.5 Å². The van der Waals surface area contributed by atoms with Crippen LogP contribution < -0.4 is 10.7 Å². The lowest BCUT2D eigenvalue weighted by Crippen LogP contribution is -2.29. The van der Waals surface area contributed by atoms with Crippen LogP contribution in [0.1, 0.15) is 45.8 Å². The molecule has 1 N–H and O–H groups in total. The summed E-state index contributed by atoms with van der Waals surface area (Å²) in [5.41, 5.74) is -0.356. The predicted octanol–water partition coefficient (Wildman–Crippen LogP) is 4.08. The van der Waals surface area contributed by atoms with Crippen molar-refractivity contribution in [3.8, 4) is 17.2 Å². The molecule has 2 aromatic heterocycles. The Balaban J connectivity index is 2.27. The van der Waals surface area contributed by atoms with E-state index in [1.165, 1.54) is 19.3 Å². The van der Waals surface area contributed by atoms with Crippen LogP contribution in [0, 0.1) is 18.3 Å². The lowest BCUT2D eigenvalue weighted by atomic mass is 9.99. The van der Waals surface area contributed by atoms with Gasteiger partial charge in [-0.1, -0.05) is 12.1 Å². The predicted molar refractivity (Wildman–Crippen MR) is 112 cm³/mol. The number of aromatic nitrogens is 2. The fourth-order valence-electron chi connectivity index (χ4n) is 3.50. The first-order valence-corrected chi connectivity index (χ1v) is 9.60. The summed E-state index contributed by atoms with van der Waals surface area (Å²) in [5.74, 6) is -0.651. The van der Waals surface area contributed by atoms with Crippen LogP contribution in [-0.2, 0) is 6.18 Å². The van der Waals surface area contributed by atoms with Crippen molar-refractivity contribution in [3.63, 3.8) is 0 Å². The number of alkyl halides is 3. The Morgan fingerprint density at radius 1 is 1.22 bits per heavy atom. The molecule has 3 aromatic rings. The molecule has 0 fully saturated rings. The van der Waals surface area contributed by atoms with E-state index < -0.39 is 23.2 Å². The average molecular weight is 440 g/mol. The Labute approximate surface area is 182 Å². The SMILES string of the molecule is CNC(=O)c1cn(C(C)c2ccc(C#N)cc2)c(C)c(-c2ccnc(C(F)(F)F)c2)c1=O. The Bertz CT molecular complexity index is 1270. The summed E-state index contributed by atoms with van der Waals surface area (Å²) in [5, 5.41) is 11.4. The number of nitrogens with zero attached hydrogens (tertiary/aromatic N) is 3. The van der Waals surface area contributed by atoms with E-state index in [2.05, 4.69) is 10.3 Å². The number of benzene rings is 1. The van der Waals surface area contributed by atoms with Gasteiger partial charge in [-0.25, -0.2) is 0 Å². The Morgan fingerprint density at radius 3 is 2.44 bits per heavy atom. The maximum Gasteiger partial charge on any atom is 0.433 e. The van der Waals surface area contributed by atoms with Crippen LogP contribution in [0.3, 0.4) is 0 Å². The van der Waals surface area contributed by atoms with Crippen molar-refractivity contribution in [2.45, 2.75) is 26.1 Å². The highest BCUT2D eigenvalue weighted by Crippen LogP contribution is 2.31. The van der Waals surface area contributed by atoms with E-state index in [1.807, 2.05) is 13.0 Å². The van der Waals surface area contributed by atoms with Crippen molar-refractivity contribution < 1.29 is 18.0 Å². The largest absolute Gasteiger partial charge is 0.433 e. The summed E-state index contributed by atoms with van der Waals surface area (Å²) in [6.45, 7) is 3.43. The third-order valence-corrected chi connectivity index (χ3v) is 5.24. The van der Waals surface area contributed by atoms with E-state index in [0.717, 1.165) is 17.8 Å². The standard InChI is InChI=1S/C23H19F3N4O2/c1-13(16-6-4-15(11-27)5-7-16)30-12-18(22(32)28-3)21(31)20(14(30)2)17-8-9-29-19(10-17)23(24,25)26/h4-10,12-13H,1-3H3,(H,28,32). The molecule has 0 aliphatic rings. The first-order chi connectivity index (χ1) is 15.1. The van der Waals surface area contributed by atoms with Crippen molar-refractivity contribution in [2.24, 2.45) is 0 Å². The number of hydrogen-bond donors (Lipinski definition) is 1. The van der Waals surface area contributed by atoms with Crippen molar-refractivity contribution >= 4 is 5.91 Å². The minimum Gasteiger partial charge on any atom is -0.355 e. The molecule has 0 bridgehead atoms. The summed E-state index contributed by atoms with van der Waals surface area (Å²) in [7, 11) is 1.36. The second-order valence-electron chi connectivity index (χ2n) is 7.16. The first-order valence-electron chi connectivity index (χ1n) is 9.60. The first kappa shape index (κ1) is 22.7. The van der Waals surface area contributed by atoms with E-state index >= 15 is 0 Å². The van der Waals surface area contributed by atoms with Gasteiger partial charge in [-0.3, -0.25) is 14.6 Å². The number of carbonyl (C=O) groups excluding carboxylic acids is 1. The number of rotatable bonds is 4.